The molecule has 0 radical (unpaired) electrons. The summed E-state index contributed by atoms with van der Waals surface area (Å²) >= 11 is 0. The lowest BCUT2D eigenvalue weighted by atomic mass is 10.1. The van der Waals surface area contributed by atoms with Gasteiger partial charge in [0.05, 0.1) is 0 Å². The standard InChI is InChI=1S/C15H17N3O/c16-13-8-15(19)18(10-13)6-5-14-7-11-3-1-2-4-12(11)9-17-14/h1-4,7,9,13H,5-6,8,10,16H2. The SMILES string of the molecule is NC1CC(=O)N(CCc2cc3ccccc3cn2)C1. The van der Waals surface area contributed by atoms with Crippen LogP contribution in [0.2, 0.25) is 0 Å². The molecule has 3 rings (SSSR count). The molecule has 98 valence electrons. The van der Waals surface area contributed by atoms with Crippen LogP contribution in [0.1, 0.15) is 12.1 Å². The fourth-order valence-corrected chi connectivity index (χ4v) is 2.53. The van der Waals surface area contributed by atoms with Crippen LogP contribution in [-0.4, -0.2) is 34.9 Å². The minimum atomic E-state index is -0.00272. The number of carbonyl (C=O) groups excluding carboxylic acids is 1. The number of pyridine rings is 1. The Bertz CT molecular complexity index is 611. The van der Waals surface area contributed by atoms with Crippen molar-refractivity contribution in [2.24, 2.45) is 5.73 Å². The van der Waals surface area contributed by atoms with Crippen LogP contribution in [0.4, 0.5) is 0 Å². The van der Waals surface area contributed by atoms with E-state index in [0.717, 1.165) is 17.5 Å². The smallest absolute Gasteiger partial charge is 0.224 e. The third-order valence-corrected chi connectivity index (χ3v) is 3.57. The Kier molecular flexibility index (Phi) is 3.17. The number of aromatic nitrogens is 1. The normalized spacial score (nSPS) is 19.3. The summed E-state index contributed by atoms with van der Waals surface area (Å²) in [5.41, 5.74) is 6.80. The Morgan fingerprint density at radius 1 is 1.32 bits per heavy atom. The van der Waals surface area contributed by atoms with Crippen molar-refractivity contribution in [2.75, 3.05) is 13.1 Å². The number of rotatable bonds is 3. The van der Waals surface area contributed by atoms with E-state index < -0.39 is 0 Å². The second kappa shape index (κ2) is 4.97. The van der Waals surface area contributed by atoms with Crippen molar-refractivity contribution in [1.29, 1.82) is 0 Å². The zero-order valence-electron chi connectivity index (χ0n) is 10.7. The molecule has 19 heavy (non-hydrogen) atoms. The van der Waals surface area contributed by atoms with Crippen LogP contribution >= 0.6 is 0 Å². The summed E-state index contributed by atoms with van der Waals surface area (Å²) in [7, 11) is 0. The number of hydrogen-bond acceptors (Lipinski definition) is 3. The summed E-state index contributed by atoms with van der Waals surface area (Å²) in [6.07, 6.45) is 3.15. The van der Waals surface area contributed by atoms with Crippen LogP contribution in [0, 0.1) is 0 Å². The number of benzene rings is 1. The Hall–Kier alpha value is -1.94. The third-order valence-electron chi connectivity index (χ3n) is 3.57. The van der Waals surface area contributed by atoms with Crippen molar-refractivity contribution in [2.45, 2.75) is 18.9 Å². The molecule has 0 aliphatic carbocycles. The van der Waals surface area contributed by atoms with E-state index in [9.17, 15) is 4.79 Å². The molecule has 1 aliphatic heterocycles. The highest BCUT2D eigenvalue weighted by molar-refractivity contribution is 5.82. The number of amides is 1. The zero-order chi connectivity index (χ0) is 13.2. The fraction of sp³-hybridized carbons (Fsp3) is 0.333. The van der Waals surface area contributed by atoms with Crippen molar-refractivity contribution in [3.63, 3.8) is 0 Å². The van der Waals surface area contributed by atoms with Gasteiger partial charge < -0.3 is 10.6 Å². The largest absolute Gasteiger partial charge is 0.341 e. The van der Waals surface area contributed by atoms with E-state index in [4.69, 9.17) is 5.73 Å². The van der Waals surface area contributed by atoms with E-state index >= 15 is 0 Å². The lowest BCUT2D eigenvalue weighted by Crippen LogP contribution is -2.30. The minimum absolute atomic E-state index is 0.00272. The molecule has 1 aromatic heterocycles. The number of fused-ring (bicyclic) bond motifs is 1. The van der Waals surface area contributed by atoms with Gasteiger partial charge in [-0.3, -0.25) is 9.78 Å². The summed E-state index contributed by atoms with van der Waals surface area (Å²) in [6, 6.07) is 10.3. The molecule has 1 amide bonds. The lowest BCUT2D eigenvalue weighted by Gasteiger charge is -2.15. The number of carbonyl (C=O) groups is 1. The molecule has 0 saturated carbocycles. The predicted molar refractivity (Wildman–Crippen MR) is 74.6 cm³/mol. The van der Waals surface area contributed by atoms with E-state index in [1.165, 1.54) is 5.39 Å². The van der Waals surface area contributed by atoms with Gasteiger partial charge in [0.1, 0.15) is 0 Å². The second-order valence-corrected chi connectivity index (χ2v) is 5.08. The summed E-state index contributed by atoms with van der Waals surface area (Å²) < 4.78 is 0. The quantitative estimate of drug-likeness (QED) is 0.900. The Morgan fingerprint density at radius 2 is 2.11 bits per heavy atom. The van der Waals surface area contributed by atoms with E-state index in [2.05, 4.69) is 23.2 Å². The van der Waals surface area contributed by atoms with Crippen molar-refractivity contribution in [3.8, 4) is 0 Å². The van der Waals surface area contributed by atoms with E-state index in [1.807, 2.05) is 23.2 Å². The molecule has 2 aromatic rings. The summed E-state index contributed by atoms with van der Waals surface area (Å²) in [5.74, 6) is 0.160. The molecular weight excluding hydrogens is 238 g/mol. The number of nitrogens with two attached hydrogens (primary N) is 1. The van der Waals surface area contributed by atoms with Crippen molar-refractivity contribution >= 4 is 16.7 Å². The molecule has 2 N–H and O–H groups in total. The van der Waals surface area contributed by atoms with Gasteiger partial charge in [0.25, 0.3) is 0 Å². The van der Waals surface area contributed by atoms with Crippen LogP contribution in [0.25, 0.3) is 10.8 Å². The van der Waals surface area contributed by atoms with Gasteiger partial charge in [-0.05, 0) is 11.5 Å². The molecular formula is C15H17N3O. The molecule has 1 aromatic carbocycles. The molecule has 1 saturated heterocycles. The molecule has 1 fully saturated rings. The van der Waals surface area contributed by atoms with Gasteiger partial charge >= 0.3 is 0 Å². The number of likely N-dealkylation sites (tertiary alicyclic amines) is 1. The van der Waals surface area contributed by atoms with Crippen LogP contribution in [0.3, 0.4) is 0 Å². The highest BCUT2D eigenvalue weighted by Gasteiger charge is 2.26. The highest BCUT2D eigenvalue weighted by atomic mass is 16.2. The Labute approximate surface area is 112 Å². The number of hydrogen-bond donors (Lipinski definition) is 1. The Balaban J connectivity index is 1.70. The van der Waals surface area contributed by atoms with Crippen LogP contribution in [0.15, 0.2) is 36.5 Å². The molecule has 1 unspecified atom stereocenters. The average molecular weight is 255 g/mol. The Morgan fingerprint density at radius 3 is 2.84 bits per heavy atom. The molecule has 0 bridgehead atoms. The van der Waals surface area contributed by atoms with Crippen LogP contribution in [0.5, 0.6) is 0 Å². The van der Waals surface area contributed by atoms with Gasteiger partial charge in [0, 0.05) is 49.2 Å². The van der Waals surface area contributed by atoms with Gasteiger partial charge in [-0.2, -0.15) is 0 Å². The van der Waals surface area contributed by atoms with Gasteiger partial charge in [-0.15, -0.1) is 0 Å². The van der Waals surface area contributed by atoms with Crippen molar-refractivity contribution < 1.29 is 4.79 Å². The molecule has 1 atom stereocenters. The van der Waals surface area contributed by atoms with Gasteiger partial charge in [-0.1, -0.05) is 24.3 Å². The molecule has 0 spiro atoms. The molecule has 1 aliphatic rings. The molecule has 2 heterocycles. The first-order valence-corrected chi connectivity index (χ1v) is 6.59. The maximum atomic E-state index is 11.6. The molecule has 4 nitrogen and oxygen atoms in total. The van der Waals surface area contributed by atoms with Gasteiger partial charge in [-0.25, -0.2) is 0 Å². The van der Waals surface area contributed by atoms with Gasteiger partial charge in [0.15, 0.2) is 0 Å². The topological polar surface area (TPSA) is 59.2 Å². The van der Waals surface area contributed by atoms with Crippen molar-refractivity contribution in [3.05, 3.63) is 42.2 Å². The van der Waals surface area contributed by atoms with E-state index in [1.54, 1.807) is 0 Å². The fourth-order valence-electron chi connectivity index (χ4n) is 2.53. The first-order valence-electron chi connectivity index (χ1n) is 6.59. The highest BCUT2D eigenvalue weighted by Crippen LogP contribution is 2.15. The monoisotopic (exact) mass is 255 g/mol. The summed E-state index contributed by atoms with van der Waals surface area (Å²) in [5, 5.41) is 2.34. The maximum absolute atomic E-state index is 11.6. The lowest BCUT2D eigenvalue weighted by molar-refractivity contribution is -0.127. The minimum Gasteiger partial charge on any atom is -0.341 e. The average Bonchev–Trinajstić information content (AvgIpc) is 2.74. The molecule has 4 heteroatoms. The zero-order valence-corrected chi connectivity index (χ0v) is 10.7. The second-order valence-electron chi connectivity index (χ2n) is 5.08. The summed E-state index contributed by atoms with van der Waals surface area (Å²) in [6.45, 7) is 1.38. The predicted octanol–water partition coefficient (Wildman–Crippen LogP) is 1.34. The maximum Gasteiger partial charge on any atom is 0.224 e. The van der Waals surface area contributed by atoms with Crippen molar-refractivity contribution in [1.82, 2.24) is 9.88 Å². The first-order chi connectivity index (χ1) is 9.22. The third kappa shape index (κ3) is 2.58. The van der Waals surface area contributed by atoms with Crippen LogP contribution < -0.4 is 5.73 Å². The first kappa shape index (κ1) is 12.1. The summed E-state index contributed by atoms with van der Waals surface area (Å²) in [4.78, 5) is 17.9. The number of nitrogens with zero attached hydrogens (tertiary/aromatic N) is 2. The van der Waals surface area contributed by atoms with E-state index in [-0.39, 0.29) is 11.9 Å². The van der Waals surface area contributed by atoms with Crippen LogP contribution in [-0.2, 0) is 11.2 Å². The van der Waals surface area contributed by atoms with Gasteiger partial charge in [0.2, 0.25) is 5.91 Å². The van der Waals surface area contributed by atoms with E-state index in [0.29, 0.717) is 19.5 Å².